The first kappa shape index (κ1) is 12.8. The molecule has 0 aromatic rings. The number of ether oxygens (including phenoxy) is 1. The zero-order valence-electron chi connectivity index (χ0n) is 10.7. The number of nitrogens with two attached hydrogens (primary N) is 1. The monoisotopic (exact) mass is 240 g/mol. The van der Waals surface area contributed by atoms with Crippen LogP contribution in [0.1, 0.15) is 39.0 Å². The third kappa shape index (κ3) is 3.19. The fourth-order valence-corrected chi connectivity index (χ4v) is 2.79. The van der Waals surface area contributed by atoms with E-state index < -0.39 is 0 Å². The second-order valence-corrected chi connectivity index (χ2v) is 5.84. The second kappa shape index (κ2) is 5.36. The Kier molecular flexibility index (Phi) is 4.05. The molecule has 0 aromatic heterocycles. The molecule has 0 spiro atoms. The second-order valence-electron chi connectivity index (χ2n) is 5.84. The molecule has 2 unspecified atom stereocenters. The maximum Gasteiger partial charge on any atom is 0.224 e. The Labute approximate surface area is 103 Å². The van der Waals surface area contributed by atoms with Crippen LogP contribution in [-0.4, -0.2) is 31.7 Å². The van der Waals surface area contributed by atoms with E-state index in [-0.39, 0.29) is 23.3 Å². The van der Waals surface area contributed by atoms with Gasteiger partial charge >= 0.3 is 0 Å². The summed E-state index contributed by atoms with van der Waals surface area (Å²) in [6, 6.07) is 0.0671. The lowest BCUT2D eigenvalue weighted by molar-refractivity contribution is -0.126. The molecule has 2 rings (SSSR count). The van der Waals surface area contributed by atoms with Crippen molar-refractivity contribution in [1.29, 1.82) is 0 Å². The summed E-state index contributed by atoms with van der Waals surface area (Å²) in [4.78, 5) is 12.0. The van der Waals surface area contributed by atoms with Crippen LogP contribution in [0.15, 0.2) is 0 Å². The van der Waals surface area contributed by atoms with Gasteiger partial charge in [0.05, 0.1) is 5.92 Å². The highest BCUT2D eigenvalue weighted by Crippen LogP contribution is 2.29. The van der Waals surface area contributed by atoms with Crippen LogP contribution in [0, 0.1) is 11.3 Å². The van der Waals surface area contributed by atoms with Crippen molar-refractivity contribution in [2.45, 2.75) is 45.1 Å². The van der Waals surface area contributed by atoms with Crippen LogP contribution in [0.3, 0.4) is 0 Å². The van der Waals surface area contributed by atoms with Gasteiger partial charge in [0.1, 0.15) is 0 Å². The third-order valence-corrected chi connectivity index (χ3v) is 4.30. The molecule has 1 amide bonds. The molecule has 0 bridgehead atoms. The molecule has 17 heavy (non-hydrogen) atoms. The van der Waals surface area contributed by atoms with E-state index in [1.807, 2.05) is 0 Å². The first-order chi connectivity index (χ1) is 8.11. The quantitative estimate of drug-likeness (QED) is 0.775. The Balaban J connectivity index is 1.79. The molecule has 1 aliphatic carbocycles. The fourth-order valence-electron chi connectivity index (χ4n) is 2.79. The van der Waals surface area contributed by atoms with Crippen molar-refractivity contribution in [3.63, 3.8) is 0 Å². The normalized spacial score (nSPS) is 32.4. The number of hydrogen-bond donors (Lipinski definition) is 2. The van der Waals surface area contributed by atoms with Gasteiger partial charge in [-0.3, -0.25) is 4.79 Å². The van der Waals surface area contributed by atoms with E-state index in [2.05, 4.69) is 12.2 Å². The van der Waals surface area contributed by atoms with Gasteiger partial charge in [0, 0.05) is 25.8 Å². The van der Waals surface area contributed by atoms with Gasteiger partial charge in [-0.05, 0) is 31.1 Å². The standard InChI is InChI=1S/C13H24N2O2/c1-13(5-7-17-8-6-13)9-15-12(16)10-3-2-4-11(10)14/h10-11H,2-9,14H2,1H3,(H,15,16). The van der Waals surface area contributed by atoms with Crippen LogP contribution in [0.5, 0.6) is 0 Å². The van der Waals surface area contributed by atoms with Gasteiger partial charge in [-0.2, -0.15) is 0 Å². The summed E-state index contributed by atoms with van der Waals surface area (Å²) >= 11 is 0. The van der Waals surface area contributed by atoms with E-state index >= 15 is 0 Å². The first-order valence-electron chi connectivity index (χ1n) is 6.72. The lowest BCUT2D eigenvalue weighted by Gasteiger charge is -2.34. The van der Waals surface area contributed by atoms with Crippen LogP contribution in [0.25, 0.3) is 0 Å². The Morgan fingerprint density at radius 1 is 1.41 bits per heavy atom. The van der Waals surface area contributed by atoms with Crippen molar-refractivity contribution < 1.29 is 9.53 Å². The van der Waals surface area contributed by atoms with E-state index in [0.717, 1.165) is 51.9 Å². The lowest BCUT2D eigenvalue weighted by atomic mass is 9.82. The Morgan fingerprint density at radius 3 is 2.71 bits per heavy atom. The minimum atomic E-state index is 0.0402. The number of hydrogen-bond acceptors (Lipinski definition) is 3. The van der Waals surface area contributed by atoms with E-state index in [1.165, 1.54) is 0 Å². The van der Waals surface area contributed by atoms with Gasteiger partial charge < -0.3 is 15.8 Å². The first-order valence-corrected chi connectivity index (χ1v) is 6.72. The number of nitrogens with one attached hydrogen (secondary N) is 1. The summed E-state index contributed by atoms with van der Waals surface area (Å²) in [5.41, 5.74) is 6.15. The molecule has 0 aromatic carbocycles. The molecule has 98 valence electrons. The molecule has 2 aliphatic rings. The van der Waals surface area contributed by atoms with Crippen molar-refractivity contribution in [3.8, 4) is 0 Å². The number of amides is 1. The van der Waals surface area contributed by atoms with Gasteiger partial charge in [-0.15, -0.1) is 0 Å². The molecule has 1 heterocycles. The Hall–Kier alpha value is -0.610. The molecule has 1 aliphatic heterocycles. The maximum absolute atomic E-state index is 12.0. The predicted molar refractivity (Wildman–Crippen MR) is 66.5 cm³/mol. The summed E-state index contributed by atoms with van der Waals surface area (Å²) < 4.78 is 5.36. The molecular formula is C13H24N2O2. The average molecular weight is 240 g/mol. The molecule has 2 atom stereocenters. The highest BCUT2D eigenvalue weighted by molar-refractivity contribution is 5.79. The molecule has 2 fully saturated rings. The van der Waals surface area contributed by atoms with Crippen LogP contribution < -0.4 is 11.1 Å². The van der Waals surface area contributed by atoms with Crippen molar-refractivity contribution in [2.75, 3.05) is 19.8 Å². The average Bonchev–Trinajstić information content (AvgIpc) is 2.74. The Morgan fingerprint density at radius 2 is 2.12 bits per heavy atom. The molecule has 1 saturated heterocycles. The largest absolute Gasteiger partial charge is 0.381 e. The van der Waals surface area contributed by atoms with Crippen molar-refractivity contribution in [3.05, 3.63) is 0 Å². The maximum atomic E-state index is 12.0. The number of rotatable bonds is 3. The van der Waals surface area contributed by atoms with Gasteiger partial charge in [0.2, 0.25) is 5.91 Å². The van der Waals surface area contributed by atoms with E-state index in [9.17, 15) is 4.79 Å². The summed E-state index contributed by atoms with van der Waals surface area (Å²) in [5, 5.41) is 3.09. The molecule has 0 radical (unpaired) electrons. The van der Waals surface area contributed by atoms with Crippen molar-refractivity contribution >= 4 is 5.91 Å². The van der Waals surface area contributed by atoms with Crippen molar-refractivity contribution in [1.82, 2.24) is 5.32 Å². The number of carbonyl (C=O) groups excluding carboxylic acids is 1. The van der Waals surface area contributed by atoms with Crippen LogP contribution in [0.2, 0.25) is 0 Å². The summed E-state index contributed by atoms with van der Waals surface area (Å²) in [5.74, 6) is 0.196. The fraction of sp³-hybridized carbons (Fsp3) is 0.923. The Bertz CT molecular complexity index is 275. The van der Waals surface area contributed by atoms with Crippen LogP contribution in [0.4, 0.5) is 0 Å². The van der Waals surface area contributed by atoms with E-state index in [0.29, 0.717) is 0 Å². The predicted octanol–water partition coefficient (Wildman–Crippen LogP) is 1.05. The zero-order chi connectivity index (χ0) is 12.3. The summed E-state index contributed by atoms with van der Waals surface area (Å²) in [6.45, 7) is 4.62. The summed E-state index contributed by atoms with van der Waals surface area (Å²) in [7, 11) is 0. The summed E-state index contributed by atoms with van der Waals surface area (Å²) in [6.07, 6.45) is 5.09. The topological polar surface area (TPSA) is 64.4 Å². The van der Waals surface area contributed by atoms with E-state index in [4.69, 9.17) is 10.5 Å². The molecule has 1 saturated carbocycles. The van der Waals surface area contributed by atoms with Gasteiger partial charge in [0.15, 0.2) is 0 Å². The third-order valence-electron chi connectivity index (χ3n) is 4.30. The lowest BCUT2D eigenvalue weighted by Crippen LogP contribution is -2.44. The minimum absolute atomic E-state index is 0.0402. The van der Waals surface area contributed by atoms with Crippen LogP contribution in [-0.2, 0) is 9.53 Å². The minimum Gasteiger partial charge on any atom is -0.381 e. The van der Waals surface area contributed by atoms with Crippen molar-refractivity contribution in [2.24, 2.45) is 17.1 Å². The van der Waals surface area contributed by atoms with Gasteiger partial charge in [0.25, 0.3) is 0 Å². The van der Waals surface area contributed by atoms with E-state index in [1.54, 1.807) is 0 Å². The van der Waals surface area contributed by atoms with Gasteiger partial charge in [-0.25, -0.2) is 0 Å². The molecule has 4 heteroatoms. The van der Waals surface area contributed by atoms with Gasteiger partial charge in [-0.1, -0.05) is 13.3 Å². The molecule has 4 nitrogen and oxygen atoms in total. The highest BCUT2D eigenvalue weighted by Gasteiger charge is 2.32. The molecular weight excluding hydrogens is 216 g/mol. The zero-order valence-corrected chi connectivity index (χ0v) is 10.7. The van der Waals surface area contributed by atoms with Crippen LogP contribution >= 0.6 is 0 Å². The SMILES string of the molecule is CC1(CNC(=O)C2CCCC2N)CCOCC1. The molecule has 3 N–H and O–H groups in total. The number of carbonyl (C=O) groups is 1. The highest BCUT2D eigenvalue weighted by atomic mass is 16.5. The smallest absolute Gasteiger partial charge is 0.224 e.